The lowest BCUT2D eigenvalue weighted by Crippen LogP contribution is -2.48. The maximum Gasteiger partial charge on any atom is 0.328 e. The highest BCUT2D eigenvalue weighted by Crippen LogP contribution is 2.25. The van der Waals surface area contributed by atoms with Gasteiger partial charge in [-0.25, -0.2) is 24.8 Å². The third-order valence-electron chi connectivity index (χ3n) is 20.3. The summed E-state index contributed by atoms with van der Waals surface area (Å²) in [5, 5.41) is 40.8. The normalized spacial score (nSPS) is 11.2. The zero-order chi connectivity index (χ0) is 96.0. The number of unbranched alkanes of at least 4 members (excludes halogenated alkanes) is 10. The van der Waals surface area contributed by atoms with Gasteiger partial charge in [-0.3, -0.25) is 43.2 Å². The fourth-order valence-corrected chi connectivity index (χ4v) is 14.1. The predicted octanol–water partition coefficient (Wildman–Crippen LogP) is 14.5. The molecule has 0 unspecified atom stereocenters. The number of aryl methyl sites for hydroxylation is 3. The van der Waals surface area contributed by atoms with E-state index in [9.17, 15) is 58.2 Å². The molecule has 5 aromatic rings. The molecule has 35 heteroatoms. The van der Waals surface area contributed by atoms with Crippen molar-refractivity contribution in [1.82, 2.24) is 31.6 Å². The van der Waals surface area contributed by atoms with Crippen LogP contribution in [0, 0.1) is 20.8 Å². The van der Waals surface area contributed by atoms with Gasteiger partial charge >= 0.3 is 11.9 Å². The highest BCUT2D eigenvalue weighted by molar-refractivity contribution is 7.80. The van der Waals surface area contributed by atoms with E-state index in [0.717, 1.165) is 168 Å². The molecule has 0 bridgehead atoms. The van der Waals surface area contributed by atoms with Crippen molar-refractivity contribution in [3.8, 4) is 17.2 Å². The Hall–Kier alpha value is -10.6. The summed E-state index contributed by atoms with van der Waals surface area (Å²) >= 11 is 20.0. The van der Waals surface area contributed by atoms with Gasteiger partial charge in [-0.05, 0) is 273 Å². The Morgan fingerprint density at radius 2 is 0.947 bits per heavy atom. The number of guanidine groups is 1. The Morgan fingerprint density at radius 3 is 1.47 bits per heavy atom. The van der Waals surface area contributed by atoms with Gasteiger partial charge in [0.15, 0.2) is 11.7 Å². The Bertz CT molecular complexity index is 4450. The molecule has 0 fully saturated rings. The summed E-state index contributed by atoms with van der Waals surface area (Å²) < 4.78 is 39.6. The van der Waals surface area contributed by atoms with Gasteiger partial charge in [0.25, 0.3) is 11.8 Å². The average Bonchev–Trinajstić information content (AvgIpc) is 0.833. The third kappa shape index (κ3) is 57.0. The molecule has 5 amide bonds. The number of aliphatic carboxylic acids is 2. The summed E-state index contributed by atoms with van der Waals surface area (Å²) in [5.74, 6) is -1.66. The second kappa shape index (κ2) is 72.0. The highest BCUT2D eigenvalue weighted by Gasteiger charge is 2.25. The summed E-state index contributed by atoms with van der Waals surface area (Å²) in [4.78, 5) is 142. The molecule has 0 radical (unpaired) electrons. The molecule has 5 rings (SSSR count). The van der Waals surface area contributed by atoms with E-state index in [0.29, 0.717) is 176 Å². The molecule has 722 valence electrons. The number of carboxylic acids is 2. The van der Waals surface area contributed by atoms with Crippen molar-refractivity contribution in [2.45, 2.75) is 232 Å². The summed E-state index contributed by atoms with van der Waals surface area (Å²) in [5.41, 5.74) is 15.1. The van der Waals surface area contributed by atoms with E-state index in [1.165, 1.54) is 6.07 Å². The zero-order valence-corrected chi connectivity index (χ0v) is 80.1. The largest absolute Gasteiger partial charge is 0.494 e. The lowest BCUT2D eigenvalue weighted by molar-refractivity contribution is -0.139. The standard InChI is InChI=1S/C50H69N5O9S2.C47H67N7O10S2/c1-39-13-10-18-47(54-39)52-29-12-32-64-44-23-19-40(20-24-44)35-42(36-49(58)59)55-50(60)41-21-25-45(26-22-41)63-31-9-6-15-43(56)14-4-2-8-28-53-48(57)37-62-34-33-61-30-11-17-46(66)16-5-3-7-27-51-38-65;1-33-27-38(28-34(2)44(33)45(59)54-40(46(60)61)30-52-42(57)20-19-41(56)35-13-11-14-36(29-35)53-47(48)49)64-24-10-7-16-37(55)15-5-3-9-22-51-43(58)31-63-26-25-62-23-12-18-39(66)17-6-4-8-21-50-32-65/h10,13,18-26,42H,2-9,11-12,14-17,27-37H2,1H3,(H,52,54)(H,53,57)(H,55,60)(H,58,59);11,13-14,27-29,40H,3-10,12,15-26,30-31H2,1-2H3,(H,51,58)(H,52,57)(H,54,59)(H,60,61)(H4,48,49,53)/t42-;40-/m00/s1. The molecule has 0 aliphatic heterocycles. The molecule has 0 aliphatic rings. The van der Waals surface area contributed by atoms with Crippen molar-refractivity contribution < 1.29 is 91.3 Å². The van der Waals surface area contributed by atoms with Crippen LogP contribution in [0.15, 0.2) is 118 Å². The first kappa shape index (κ1) is 114. The van der Waals surface area contributed by atoms with Gasteiger partial charge in [0, 0.05) is 119 Å². The maximum absolute atomic E-state index is 13.2. The van der Waals surface area contributed by atoms with Crippen LogP contribution in [0.4, 0.5) is 11.5 Å². The number of carbonyl (C=O) groups excluding carboxylic acids is 8. The average molecular weight is 1900 g/mol. The second-order valence-electron chi connectivity index (χ2n) is 31.7. The van der Waals surface area contributed by atoms with Crippen molar-refractivity contribution in [3.63, 3.8) is 0 Å². The molecule has 31 nitrogen and oxygen atoms in total. The summed E-state index contributed by atoms with van der Waals surface area (Å²) in [6.45, 7) is 12.3. The van der Waals surface area contributed by atoms with Crippen LogP contribution < -0.4 is 57.6 Å². The lowest BCUT2D eigenvalue weighted by Gasteiger charge is -2.18. The van der Waals surface area contributed by atoms with Crippen LogP contribution >= 0.6 is 48.9 Å². The van der Waals surface area contributed by atoms with Crippen molar-refractivity contribution in [1.29, 1.82) is 0 Å². The van der Waals surface area contributed by atoms with Crippen LogP contribution in [-0.4, -0.2) is 224 Å². The molecule has 4 aromatic carbocycles. The van der Waals surface area contributed by atoms with E-state index in [2.05, 4.69) is 86.6 Å². The Labute approximate surface area is 798 Å². The number of amides is 5. The van der Waals surface area contributed by atoms with Gasteiger partial charge in [-0.2, -0.15) is 0 Å². The molecule has 0 saturated carbocycles. The number of carbonyl (C=O) groups is 10. The number of hydrogen-bond donors (Lipinski definition) is 10. The summed E-state index contributed by atoms with van der Waals surface area (Å²) in [7, 11) is 0. The SMILES string of the molecule is Cc1cc(OCCCCC(=O)CCCCCNC(=O)COCCOCCCC(=S)CCCCCN=C=S)cc(C)c1C(=O)N[C@@H](CNC(=O)CCC(=O)c1cccc(N=C(N)N)c1)C(=O)O.Cc1cccc(NCCCOc2ccc(C[C@@H](CC(=O)O)NC(=O)c3ccc(OCCCCC(=O)CCCCCNC(=O)COCCOCCCC(=S)CCCCCN=C=S)cc3)cc2)n1. The van der Waals surface area contributed by atoms with E-state index in [-0.39, 0.29) is 79.1 Å². The number of anilines is 1. The van der Waals surface area contributed by atoms with Crippen LogP contribution in [0.1, 0.15) is 246 Å². The monoisotopic (exact) mass is 1900 g/mol. The first-order chi connectivity index (χ1) is 63.8. The number of hydrogen-bond acceptors (Lipinski definition) is 26. The van der Waals surface area contributed by atoms with Gasteiger partial charge in [0.1, 0.15) is 53.9 Å². The molecular weight excluding hydrogens is 1770 g/mol. The molecule has 132 heavy (non-hydrogen) atoms. The van der Waals surface area contributed by atoms with Crippen LogP contribution in [0.3, 0.4) is 0 Å². The van der Waals surface area contributed by atoms with Crippen molar-refractivity contribution >= 4 is 145 Å². The Morgan fingerprint density at radius 1 is 0.455 bits per heavy atom. The summed E-state index contributed by atoms with van der Waals surface area (Å²) in [6.07, 6.45) is 21.7. The second-order valence-corrected chi connectivity index (χ2v) is 33.3. The summed E-state index contributed by atoms with van der Waals surface area (Å²) in [6, 6.07) is 27.6. The number of pyridine rings is 1. The maximum atomic E-state index is 13.2. The van der Waals surface area contributed by atoms with Crippen LogP contribution in [0.5, 0.6) is 17.2 Å². The minimum absolute atomic E-state index is 0.00665. The number of ether oxygens (including phenoxy) is 7. The number of nitrogens with two attached hydrogens (primary N) is 2. The molecule has 0 saturated heterocycles. The van der Waals surface area contributed by atoms with Gasteiger partial charge in [-0.15, -0.1) is 0 Å². The number of benzene rings is 4. The number of isothiocyanates is 2. The predicted molar refractivity (Wildman–Crippen MR) is 526 cm³/mol. The van der Waals surface area contributed by atoms with E-state index in [1.54, 1.807) is 68.4 Å². The molecule has 0 spiro atoms. The Balaban J connectivity index is 0.000000552. The molecular formula is C97H136N12O19S4. The molecule has 1 heterocycles. The van der Waals surface area contributed by atoms with Crippen molar-refractivity contribution in [2.24, 2.45) is 26.4 Å². The molecule has 12 N–H and O–H groups in total. The number of aliphatic imine (C=N–C) groups is 3. The van der Waals surface area contributed by atoms with Gasteiger partial charge in [0.05, 0.1) is 68.7 Å². The fraction of sp³-hybridized carbons (Fsp3) is 0.546. The Kier molecular flexibility index (Phi) is 62.1. The lowest BCUT2D eigenvalue weighted by atomic mass is 10.0. The number of thiocarbonyl (C=S) groups is 4. The molecule has 2 atom stereocenters. The number of aromatic nitrogens is 1. The highest BCUT2D eigenvalue weighted by atomic mass is 32.1. The quantitative estimate of drug-likeness (QED) is 0.00568. The topological polar surface area (TPSA) is 450 Å². The van der Waals surface area contributed by atoms with Crippen LogP contribution in [0.2, 0.25) is 0 Å². The fourth-order valence-electron chi connectivity index (χ4n) is 13.4. The number of nitrogens with one attached hydrogen (secondary N) is 6. The van der Waals surface area contributed by atoms with E-state index in [1.807, 2.05) is 49.4 Å². The smallest absolute Gasteiger partial charge is 0.328 e. The number of ketones is 3. The number of nitrogens with zero attached hydrogens (tertiary/aromatic N) is 4. The number of carboxylic acid groups (broad SMARTS) is 2. The van der Waals surface area contributed by atoms with Crippen LogP contribution in [-0.2, 0) is 58.9 Å². The first-order valence-corrected chi connectivity index (χ1v) is 47.3. The van der Waals surface area contributed by atoms with E-state index < -0.39 is 42.4 Å². The third-order valence-corrected chi connectivity index (χ3v) is 21.4. The van der Waals surface area contributed by atoms with E-state index >= 15 is 0 Å². The first-order valence-electron chi connectivity index (χ1n) is 45.7. The van der Waals surface area contributed by atoms with Crippen molar-refractivity contribution in [3.05, 3.63) is 142 Å². The van der Waals surface area contributed by atoms with E-state index in [4.69, 9.17) is 69.1 Å². The number of rotatable bonds is 76. The molecule has 0 aliphatic carbocycles. The molecule has 1 aromatic heterocycles. The minimum atomic E-state index is -1.43. The van der Waals surface area contributed by atoms with Gasteiger partial charge < -0.3 is 86.7 Å². The zero-order valence-electron chi connectivity index (χ0n) is 76.8. The van der Waals surface area contributed by atoms with Gasteiger partial charge in [0.2, 0.25) is 17.7 Å². The minimum Gasteiger partial charge on any atom is -0.494 e. The number of Topliss-reactive ketones (excluding diaryl/α,β-unsaturated/α-hetero) is 3. The van der Waals surface area contributed by atoms with Crippen molar-refractivity contribution in [2.75, 3.05) is 117 Å². The van der Waals surface area contributed by atoms with Crippen LogP contribution in [0.25, 0.3) is 0 Å². The van der Waals surface area contributed by atoms with Gasteiger partial charge in [-0.1, -0.05) is 80.5 Å².